The van der Waals surface area contributed by atoms with Gasteiger partial charge in [0.05, 0.1) is 19.6 Å². The van der Waals surface area contributed by atoms with E-state index >= 15 is 0 Å². The first-order valence-corrected chi connectivity index (χ1v) is 7.95. The lowest BCUT2D eigenvalue weighted by atomic mass is 9.91. The van der Waals surface area contributed by atoms with Crippen molar-refractivity contribution in [1.82, 2.24) is 0 Å². The molecule has 2 atom stereocenters. The van der Waals surface area contributed by atoms with Gasteiger partial charge in [-0.15, -0.1) is 11.6 Å². The molecule has 0 bridgehead atoms. The molecule has 0 aromatic heterocycles. The van der Waals surface area contributed by atoms with E-state index in [0.29, 0.717) is 22.4 Å². The Morgan fingerprint density at radius 1 is 1.10 bits per heavy atom. The van der Waals surface area contributed by atoms with Gasteiger partial charge in [0.15, 0.2) is 11.5 Å². The Labute approximate surface area is 132 Å². The maximum atomic E-state index is 6.66. The average Bonchev–Trinajstić information content (AvgIpc) is 2.47. The third-order valence-electron chi connectivity index (χ3n) is 3.67. The van der Waals surface area contributed by atoms with E-state index in [-0.39, 0.29) is 5.38 Å². The van der Waals surface area contributed by atoms with Gasteiger partial charge in [0.25, 0.3) is 0 Å². The summed E-state index contributed by atoms with van der Waals surface area (Å²) in [5, 5.41) is 0.538. The number of methoxy groups -OCH3 is 2. The molecule has 20 heavy (non-hydrogen) atoms. The molecule has 0 aliphatic rings. The number of ether oxygens (including phenoxy) is 2. The summed E-state index contributed by atoms with van der Waals surface area (Å²) in [6, 6.07) is 3.67. The quantitative estimate of drug-likeness (QED) is 0.559. The molecular formula is C16H24Cl2O2. The molecule has 0 aliphatic heterocycles. The van der Waals surface area contributed by atoms with Crippen LogP contribution in [0.1, 0.15) is 50.5 Å². The Bertz CT molecular complexity index is 421. The van der Waals surface area contributed by atoms with E-state index < -0.39 is 0 Å². The summed E-state index contributed by atoms with van der Waals surface area (Å²) in [6.45, 7) is 4.36. The van der Waals surface area contributed by atoms with E-state index in [1.54, 1.807) is 20.3 Å². The first kappa shape index (κ1) is 17.5. The maximum absolute atomic E-state index is 6.66. The van der Waals surface area contributed by atoms with Crippen LogP contribution in [-0.2, 0) is 0 Å². The van der Waals surface area contributed by atoms with Gasteiger partial charge in [-0.3, -0.25) is 0 Å². The Hall–Kier alpha value is -0.600. The standard InChI is InChI=1S/C16H24Cl2O2/c1-5-7-8-11(6-2)16(18)12-9-14(19-3)15(20-4)10-13(12)17/h9-11,16H,5-8H2,1-4H3. The van der Waals surface area contributed by atoms with Crippen LogP contribution in [0.15, 0.2) is 12.1 Å². The number of halogens is 2. The number of hydrogen-bond acceptors (Lipinski definition) is 2. The highest BCUT2D eigenvalue weighted by atomic mass is 35.5. The molecule has 4 heteroatoms. The molecule has 114 valence electrons. The molecule has 0 heterocycles. The highest BCUT2D eigenvalue weighted by Gasteiger charge is 2.23. The molecular weight excluding hydrogens is 295 g/mol. The van der Waals surface area contributed by atoms with Gasteiger partial charge in [0.1, 0.15) is 0 Å². The molecule has 2 unspecified atom stereocenters. The van der Waals surface area contributed by atoms with Crippen molar-refractivity contribution in [2.45, 2.75) is 44.9 Å². The van der Waals surface area contributed by atoms with E-state index in [2.05, 4.69) is 13.8 Å². The van der Waals surface area contributed by atoms with Crippen molar-refractivity contribution in [2.24, 2.45) is 5.92 Å². The normalized spacial score (nSPS) is 13.9. The molecule has 0 amide bonds. The third kappa shape index (κ3) is 4.20. The van der Waals surface area contributed by atoms with Crippen molar-refractivity contribution in [3.8, 4) is 11.5 Å². The van der Waals surface area contributed by atoms with Crippen LogP contribution in [0.3, 0.4) is 0 Å². The number of benzene rings is 1. The van der Waals surface area contributed by atoms with Gasteiger partial charge < -0.3 is 9.47 Å². The minimum atomic E-state index is -0.0983. The Morgan fingerprint density at radius 2 is 1.70 bits per heavy atom. The molecule has 0 fully saturated rings. The van der Waals surface area contributed by atoms with Gasteiger partial charge in [0, 0.05) is 11.1 Å². The number of rotatable bonds is 8. The minimum absolute atomic E-state index is 0.0983. The molecule has 0 spiro atoms. The van der Waals surface area contributed by atoms with E-state index in [1.165, 1.54) is 12.8 Å². The zero-order valence-corrected chi connectivity index (χ0v) is 14.2. The van der Waals surface area contributed by atoms with E-state index in [4.69, 9.17) is 32.7 Å². The van der Waals surface area contributed by atoms with Crippen LogP contribution in [0, 0.1) is 5.92 Å². The summed E-state index contributed by atoms with van der Waals surface area (Å²) in [7, 11) is 3.22. The topological polar surface area (TPSA) is 18.5 Å². The highest BCUT2D eigenvalue weighted by molar-refractivity contribution is 6.33. The predicted molar refractivity (Wildman–Crippen MR) is 86.5 cm³/mol. The molecule has 1 aromatic rings. The van der Waals surface area contributed by atoms with Crippen LogP contribution in [0.2, 0.25) is 5.02 Å². The number of unbranched alkanes of at least 4 members (excludes halogenated alkanes) is 1. The maximum Gasteiger partial charge on any atom is 0.162 e. The molecule has 0 N–H and O–H groups in total. The zero-order chi connectivity index (χ0) is 15.1. The zero-order valence-electron chi connectivity index (χ0n) is 12.7. The van der Waals surface area contributed by atoms with Gasteiger partial charge in [-0.05, 0) is 24.0 Å². The molecule has 0 saturated heterocycles. The lowest BCUT2D eigenvalue weighted by Crippen LogP contribution is -2.08. The lowest BCUT2D eigenvalue weighted by Gasteiger charge is -2.23. The summed E-state index contributed by atoms with van der Waals surface area (Å²) in [6.07, 6.45) is 4.52. The Morgan fingerprint density at radius 3 is 2.20 bits per heavy atom. The van der Waals surface area contributed by atoms with Crippen LogP contribution in [0.25, 0.3) is 0 Å². The molecule has 1 rings (SSSR count). The first-order valence-electron chi connectivity index (χ1n) is 7.14. The first-order chi connectivity index (χ1) is 9.58. The van der Waals surface area contributed by atoms with E-state index in [9.17, 15) is 0 Å². The predicted octanol–water partition coefficient (Wildman–Crippen LogP) is 5.85. The minimum Gasteiger partial charge on any atom is -0.493 e. The monoisotopic (exact) mass is 318 g/mol. The van der Waals surface area contributed by atoms with Crippen LogP contribution in [-0.4, -0.2) is 14.2 Å². The van der Waals surface area contributed by atoms with Gasteiger partial charge in [-0.25, -0.2) is 0 Å². The SMILES string of the molecule is CCCCC(CC)C(Cl)c1cc(OC)c(OC)cc1Cl. The molecule has 0 radical (unpaired) electrons. The van der Waals surface area contributed by atoms with Crippen LogP contribution in [0.5, 0.6) is 11.5 Å². The van der Waals surface area contributed by atoms with Gasteiger partial charge in [-0.1, -0.05) is 44.7 Å². The van der Waals surface area contributed by atoms with Crippen LogP contribution >= 0.6 is 23.2 Å². The Kier molecular flexibility index (Phi) is 7.53. The van der Waals surface area contributed by atoms with Crippen LogP contribution in [0.4, 0.5) is 0 Å². The Balaban J connectivity index is 3.04. The highest BCUT2D eigenvalue weighted by Crippen LogP contribution is 2.42. The summed E-state index contributed by atoms with van der Waals surface area (Å²) >= 11 is 13.0. The fourth-order valence-corrected chi connectivity index (χ4v) is 3.17. The smallest absolute Gasteiger partial charge is 0.162 e. The van der Waals surface area contributed by atoms with Gasteiger partial charge >= 0.3 is 0 Å². The van der Waals surface area contributed by atoms with Gasteiger partial charge in [0.2, 0.25) is 0 Å². The van der Waals surface area contributed by atoms with Crippen molar-refractivity contribution in [2.75, 3.05) is 14.2 Å². The third-order valence-corrected chi connectivity index (χ3v) is 4.59. The summed E-state index contributed by atoms with van der Waals surface area (Å²) in [5.41, 5.74) is 0.925. The fraction of sp³-hybridized carbons (Fsp3) is 0.625. The van der Waals surface area contributed by atoms with Crippen molar-refractivity contribution in [3.63, 3.8) is 0 Å². The van der Waals surface area contributed by atoms with Gasteiger partial charge in [-0.2, -0.15) is 0 Å². The van der Waals surface area contributed by atoms with E-state index in [0.717, 1.165) is 18.4 Å². The summed E-state index contributed by atoms with van der Waals surface area (Å²) in [4.78, 5) is 0. The second kappa shape index (κ2) is 8.63. The summed E-state index contributed by atoms with van der Waals surface area (Å²) < 4.78 is 10.6. The molecule has 0 saturated carbocycles. The largest absolute Gasteiger partial charge is 0.493 e. The lowest BCUT2D eigenvalue weighted by molar-refractivity contribution is 0.353. The number of hydrogen-bond donors (Lipinski definition) is 0. The van der Waals surface area contributed by atoms with Crippen LogP contribution < -0.4 is 9.47 Å². The molecule has 0 aliphatic carbocycles. The number of alkyl halides is 1. The second-order valence-electron chi connectivity index (χ2n) is 4.94. The average molecular weight is 319 g/mol. The molecule has 1 aromatic carbocycles. The molecule has 2 nitrogen and oxygen atoms in total. The van der Waals surface area contributed by atoms with E-state index in [1.807, 2.05) is 6.07 Å². The fourth-order valence-electron chi connectivity index (χ4n) is 2.36. The van der Waals surface area contributed by atoms with Crippen molar-refractivity contribution in [3.05, 3.63) is 22.7 Å². The van der Waals surface area contributed by atoms with Crippen molar-refractivity contribution >= 4 is 23.2 Å². The van der Waals surface area contributed by atoms with Crippen molar-refractivity contribution < 1.29 is 9.47 Å². The van der Waals surface area contributed by atoms with Crippen molar-refractivity contribution in [1.29, 1.82) is 0 Å². The summed E-state index contributed by atoms with van der Waals surface area (Å²) in [5.74, 6) is 1.72. The second-order valence-corrected chi connectivity index (χ2v) is 5.82.